The third kappa shape index (κ3) is 5.89. The van der Waals surface area contributed by atoms with Gasteiger partial charge in [0.25, 0.3) is 0 Å². The summed E-state index contributed by atoms with van der Waals surface area (Å²) in [5.74, 6) is -1.67. The van der Waals surface area contributed by atoms with Gasteiger partial charge in [0, 0.05) is 16.8 Å². The van der Waals surface area contributed by atoms with E-state index < -0.39 is 29.8 Å². The van der Waals surface area contributed by atoms with Crippen molar-refractivity contribution in [2.75, 3.05) is 5.32 Å². The average molecular weight is 498 g/mol. The number of pyridine rings is 1. The van der Waals surface area contributed by atoms with E-state index in [4.69, 9.17) is 21.4 Å². The number of aliphatic carboxylic acids is 1. The molecule has 0 amide bonds. The second-order valence-electron chi connectivity index (χ2n) is 7.24. The van der Waals surface area contributed by atoms with Crippen molar-refractivity contribution in [3.8, 4) is 11.6 Å². The second-order valence-corrected chi connectivity index (χ2v) is 7.68. The Balaban J connectivity index is 1.65. The van der Waals surface area contributed by atoms with Crippen LogP contribution in [0.5, 0.6) is 11.6 Å². The van der Waals surface area contributed by atoms with Gasteiger partial charge in [0.2, 0.25) is 17.8 Å². The van der Waals surface area contributed by atoms with Crippen LogP contribution >= 0.6 is 11.6 Å². The zero-order valence-corrected chi connectivity index (χ0v) is 18.6. The molecule has 4 rings (SSSR count). The molecule has 4 aromatic rings. The summed E-state index contributed by atoms with van der Waals surface area (Å²) < 4.78 is 20.4. The van der Waals surface area contributed by atoms with Crippen LogP contribution in [0.2, 0.25) is 5.02 Å². The molecule has 2 aromatic heterocycles. The lowest BCUT2D eigenvalue weighted by molar-refractivity contribution is -0.137. The number of nitrogens with one attached hydrogen (secondary N) is 1. The van der Waals surface area contributed by atoms with E-state index in [0.717, 1.165) is 4.57 Å². The van der Waals surface area contributed by atoms with Gasteiger partial charge in [-0.15, -0.1) is 0 Å². The highest BCUT2D eigenvalue weighted by Gasteiger charge is 2.16. The van der Waals surface area contributed by atoms with E-state index in [1.165, 1.54) is 18.2 Å². The predicted octanol–water partition coefficient (Wildman–Crippen LogP) is 3.26. The Morgan fingerprint density at radius 1 is 1.00 bits per heavy atom. The topological polar surface area (TPSA) is 128 Å². The smallest absolute Gasteiger partial charge is 0.355 e. The number of carbonyl (C=O) groups is 1. The van der Waals surface area contributed by atoms with Crippen LogP contribution in [-0.2, 0) is 17.9 Å². The fourth-order valence-corrected chi connectivity index (χ4v) is 3.24. The average Bonchev–Trinajstić information content (AvgIpc) is 2.81. The van der Waals surface area contributed by atoms with Gasteiger partial charge in [0.05, 0.1) is 6.54 Å². The van der Waals surface area contributed by atoms with Crippen LogP contribution in [0.4, 0.5) is 16.0 Å². The van der Waals surface area contributed by atoms with Gasteiger partial charge in [-0.3, -0.25) is 9.36 Å². The normalized spacial score (nSPS) is 10.7. The maximum absolute atomic E-state index is 13.3. The van der Waals surface area contributed by atoms with Crippen molar-refractivity contribution in [1.29, 1.82) is 0 Å². The molecule has 0 saturated heterocycles. The van der Waals surface area contributed by atoms with Crippen molar-refractivity contribution in [3.63, 3.8) is 0 Å². The first kappa shape index (κ1) is 23.6. The van der Waals surface area contributed by atoms with Gasteiger partial charge in [-0.1, -0.05) is 29.8 Å². The third-order valence-electron chi connectivity index (χ3n) is 4.72. The van der Waals surface area contributed by atoms with Crippen LogP contribution in [0.15, 0.2) is 76.3 Å². The van der Waals surface area contributed by atoms with Crippen LogP contribution in [-0.4, -0.2) is 30.2 Å². The van der Waals surface area contributed by atoms with Gasteiger partial charge < -0.3 is 15.2 Å². The molecule has 0 saturated carbocycles. The van der Waals surface area contributed by atoms with Crippen molar-refractivity contribution in [3.05, 3.63) is 104 Å². The molecule has 2 N–H and O–H groups in total. The molecule has 10 nitrogen and oxygen atoms in total. The van der Waals surface area contributed by atoms with Crippen LogP contribution in [0.25, 0.3) is 0 Å². The summed E-state index contributed by atoms with van der Waals surface area (Å²) in [7, 11) is 0. The Kier molecular flexibility index (Phi) is 6.88. The number of ether oxygens (including phenoxy) is 1. The summed E-state index contributed by atoms with van der Waals surface area (Å²) in [4.78, 5) is 44.0. The van der Waals surface area contributed by atoms with Crippen molar-refractivity contribution in [2.45, 2.75) is 13.1 Å². The number of carboxylic acids is 1. The Labute approximate surface area is 201 Å². The summed E-state index contributed by atoms with van der Waals surface area (Å²) in [5.41, 5.74) is -0.726. The maximum atomic E-state index is 13.3. The van der Waals surface area contributed by atoms with Crippen molar-refractivity contribution >= 4 is 29.2 Å². The largest absolute Gasteiger partial charge is 0.480 e. The molecular formula is C23H17ClFN5O5. The highest BCUT2D eigenvalue weighted by atomic mass is 35.5. The standard InChI is InChI=1S/C23H17ClFN5O5/c24-15-6-4-14(5-7-15)12-29-21(28-22(33)30(23(29)34)13-20(31)32)26-16-8-10-17(11-9-16)35-19-3-1-2-18(25)27-19/h1-11H,12-13H2,(H,31,32)(H,26,28,33). The highest BCUT2D eigenvalue weighted by molar-refractivity contribution is 6.30. The Morgan fingerprint density at radius 3 is 2.37 bits per heavy atom. The first-order valence-electron chi connectivity index (χ1n) is 10.1. The lowest BCUT2D eigenvalue weighted by Crippen LogP contribution is -2.44. The number of nitrogens with zero attached hydrogens (tertiary/aromatic N) is 4. The Morgan fingerprint density at radius 2 is 1.71 bits per heavy atom. The second kappa shape index (κ2) is 10.2. The third-order valence-corrected chi connectivity index (χ3v) is 4.97. The van der Waals surface area contributed by atoms with E-state index in [9.17, 15) is 18.8 Å². The molecule has 12 heteroatoms. The molecule has 2 heterocycles. The van der Waals surface area contributed by atoms with Crippen LogP contribution in [0.3, 0.4) is 0 Å². The molecule has 0 aliphatic carbocycles. The van der Waals surface area contributed by atoms with Gasteiger partial charge in [-0.25, -0.2) is 14.2 Å². The van der Waals surface area contributed by atoms with Gasteiger partial charge in [0.1, 0.15) is 12.3 Å². The predicted molar refractivity (Wildman–Crippen MR) is 125 cm³/mol. The summed E-state index contributed by atoms with van der Waals surface area (Å²) in [6.45, 7) is -0.830. The maximum Gasteiger partial charge on any atom is 0.355 e. The zero-order valence-electron chi connectivity index (χ0n) is 17.9. The van der Waals surface area contributed by atoms with E-state index >= 15 is 0 Å². The molecular weight excluding hydrogens is 481 g/mol. The molecule has 0 aliphatic heterocycles. The fourth-order valence-electron chi connectivity index (χ4n) is 3.11. The zero-order chi connectivity index (χ0) is 24.9. The number of carboxylic acid groups (broad SMARTS) is 1. The van der Waals surface area contributed by atoms with Gasteiger partial charge >= 0.3 is 17.3 Å². The number of aromatic nitrogens is 4. The minimum absolute atomic E-state index is 0.00231. The summed E-state index contributed by atoms with van der Waals surface area (Å²) in [5, 5.41) is 12.5. The Hall–Kier alpha value is -4.51. The number of halogens is 2. The number of anilines is 2. The molecule has 0 fully saturated rings. The van der Waals surface area contributed by atoms with Crippen molar-refractivity contribution in [1.82, 2.24) is 19.1 Å². The molecule has 0 radical (unpaired) electrons. The molecule has 0 bridgehead atoms. The minimum atomic E-state index is -1.35. The minimum Gasteiger partial charge on any atom is -0.480 e. The molecule has 0 aliphatic rings. The quantitative estimate of drug-likeness (QED) is 0.355. The SMILES string of the molecule is O=C(O)Cn1c(=O)nc(Nc2ccc(Oc3cccc(F)n3)cc2)n(Cc2ccc(Cl)cc2)c1=O. The van der Waals surface area contributed by atoms with E-state index in [2.05, 4.69) is 15.3 Å². The number of hydrogen-bond donors (Lipinski definition) is 2. The van der Waals surface area contributed by atoms with E-state index in [0.29, 0.717) is 26.6 Å². The van der Waals surface area contributed by atoms with Crippen molar-refractivity contribution < 1.29 is 19.0 Å². The fraction of sp³-hybridized carbons (Fsp3) is 0.0870. The lowest BCUT2D eigenvalue weighted by atomic mass is 10.2. The van der Waals surface area contributed by atoms with Crippen LogP contribution in [0.1, 0.15) is 5.56 Å². The lowest BCUT2D eigenvalue weighted by Gasteiger charge is -2.15. The monoisotopic (exact) mass is 497 g/mol. The first-order valence-corrected chi connectivity index (χ1v) is 10.5. The first-order chi connectivity index (χ1) is 16.8. The number of hydrogen-bond acceptors (Lipinski definition) is 7. The summed E-state index contributed by atoms with van der Waals surface area (Å²) in [6, 6.07) is 17.2. The van der Waals surface area contributed by atoms with Gasteiger partial charge in [-0.2, -0.15) is 14.4 Å². The van der Waals surface area contributed by atoms with Crippen molar-refractivity contribution in [2.24, 2.45) is 0 Å². The molecule has 2 aromatic carbocycles. The molecule has 0 spiro atoms. The molecule has 0 unspecified atom stereocenters. The van der Waals surface area contributed by atoms with Gasteiger partial charge in [0.15, 0.2) is 0 Å². The number of benzene rings is 2. The van der Waals surface area contributed by atoms with E-state index in [1.54, 1.807) is 48.5 Å². The molecule has 178 valence electrons. The molecule has 0 atom stereocenters. The Bertz CT molecular complexity index is 1490. The van der Waals surface area contributed by atoms with Crippen LogP contribution < -0.4 is 21.4 Å². The van der Waals surface area contributed by atoms with Crippen LogP contribution in [0, 0.1) is 5.95 Å². The van der Waals surface area contributed by atoms with E-state index in [1.807, 2.05) is 0 Å². The highest BCUT2D eigenvalue weighted by Crippen LogP contribution is 2.23. The number of rotatable bonds is 8. The van der Waals surface area contributed by atoms with E-state index in [-0.39, 0.29) is 18.4 Å². The summed E-state index contributed by atoms with van der Waals surface area (Å²) in [6.07, 6.45) is 0. The summed E-state index contributed by atoms with van der Waals surface area (Å²) >= 11 is 5.92. The molecule has 35 heavy (non-hydrogen) atoms. The van der Waals surface area contributed by atoms with Gasteiger partial charge in [-0.05, 0) is 48.0 Å².